The van der Waals surface area contributed by atoms with Gasteiger partial charge in [-0.1, -0.05) is 0 Å². The van der Waals surface area contributed by atoms with Gasteiger partial charge in [-0.3, -0.25) is 9.78 Å². The lowest BCUT2D eigenvalue weighted by atomic mass is 10.2. The summed E-state index contributed by atoms with van der Waals surface area (Å²) in [5, 5.41) is 5.32. The molecule has 6 heteroatoms. The number of thiazole rings is 1. The van der Waals surface area contributed by atoms with Crippen LogP contribution in [-0.4, -0.2) is 15.9 Å². The van der Waals surface area contributed by atoms with Crippen LogP contribution in [-0.2, 0) is 6.54 Å². The number of pyridine rings is 1. The van der Waals surface area contributed by atoms with Crippen LogP contribution in [0.2, 0.25) is 0 Å². The van der Waals surface area contributed by atoms with E-state index >= 15 is 0 Å². The van der Waals surface area contributed by atoms with Crippen molar-refractivity contribution in [3.05, 3.63) is 59.3 Å². The van der Waals surface area contributed by atoms with Gasteiger partial charge in [0, 0.05) is 23.3 Å². The number of carbonyl (C=O) groups excluding carboxylic acids is 1. The molecular formula is C15H13N3O2S. The summed E-state index contributed by atoms with van der Waals surface area (Å²) >= 11 is 1.43. The second kappa shape index (κ2) is 5.88. The van der Waals surface area contributed by atoms with E-state index in [4.69, 9.17) is 4.42 Å². The molecule has 0 bridgehead atoms. The van der Waals surface area contributed by atoms with Crippen LogP contribution in [0, 0.1) is 6.92 Å². The SMILES string of the molecule is Cc1ccncc1-c1nc(C(=O)NCc2ccco2)cs1. The maximum absolute atomic E-state index is 12.0. The fourth-order valence-electron chi connectivity index (χ4n) is 1.86. The molecule has 0 radical (unpaired) electrons. The molecule has 106 valence electrons. The topological polar surface area (TPSA) is 68.0 Å². The standard InChI is InChI=1S/C15H13N3O2S/c1-10-4-5-16-8-12(10)15-18-13(9-21-15)14(19)17-7-11-3-2-6-20-11/h2-6,8-9H,7H2,1H3,(H,17,19). The Morgan fingerprint density at radius 1 is 1.43 bits per heavy atom. The van der Waals surface area contributed by atoms with E-state index in [1.54, 1.807) is 30.1 Å². The van der Waals surface area contributed by atoms with E-state index in [0.717, 1.165) is 16.1 Å². The summed E-state index contributed by atoms with van der Waals surface area (Å²) in [5.74, 6) is 0.498. The average molecular weight is 299 g/mol. The molecule has 0 aliphatic rings. The lowest BCUT2D eigenvalue weighted by Crippen LogP contribution is -2.22. The Morgan fingerprint density at radius 3 is 3.10 bits per heavy atom. The third-order valence-electron chi connectivity index (χ3n) is 3.01. The lowest BCUT2D eigenvalue weighted by molar-refractivity contribution is 0.0944. The van der Waals surface area contributed by atoms with Crippen molar-refractivity contribution < 1.29 is 9.21 Å². The maximum Gasteiger partial charge on any atom is 0.271 e. The Kier molecular flexibility index (Phi) is 3.79. The molecular weight excluding hydrogens is 286 g/mol. The third-order valence-corrected chi connectivity index (χ3v) is 3.89. The second-order valence-electron chi connectivity index (χ2n) is 4.49. The molecule has 1 N–H and O–H groups in total. The average Bonchev–Trinajstić information content (AvgIpc) is 3.17. The van der Waals surface area contributed by atoms with Crippen molar-refractivity contribution in [2.45, 2.75) is 13.5 Å². The molecule has 0 fully saturated rings. The Bertz CT molecular complexity index is 750. The van der Waals surface area contributed by atoms with E-state index in [1.165, 1.54) is 11.3 Å². The molecule has 0 saturated heterocycles. The van der Waals surface area contributed by atoms with Crippen LogP contribution in [0.1, 0.15) is 21.8 Å². The highest BCUT2D eigenvalue weighted by atomic mass is 32.1. The summed E-state index contributed by atoms with van der Waals surface area (Å²) in [6.07, 6.45) is 5.08. The van der Waals surface area contributed by atoms with Crippen LogP contribution in [0.4, 0.5) is 0 Å². The smallest absolute Gasteiger partial charge is 0.271 e. The normalized spacial score (nSPS) is 10.5. The lowest BCUT2D eigenvalue weighted by Gasteiger charge is -2.01. The molecule has 3 heterocycles. The van der Waals surface area contributed by atoms with E-state index in [1.807, 2.05) is 19.1 Å². The van der Waals surface area contributed by atoms with Gasteiger partial charge in [0.25, 0.3) is 5.91 Å². The summed E-state index contributed by atoms with van der Waals surface area (Å²) in [4.78, 5) is 20.5. The van der Waals surface area contributed by atoms with E-state index in [-0.39, 0.29) is 5.91 Å². The largest absolute Gasteiger partial charge is 0.467 e. The summed E-state index contributed by atoms with van der Waals surface area (Å²) in [6.45, 7) is 2.35. The van der Waals surface area contributed by atoms with Crippen molar-refractivity contribution in [2.75, 3.05) is 0 Å². The minimum atomic E-state index is -0.213. The fourth-order valence-corrected chi connectivity index (χ4v) is 2.74. The molecule has 0 spiro atoms. The van der Waals surface area contributed by atoms with Gasteiger partial charge in [-0.15, -0.1) is 11.3 Å². The van der Waals surface area contributed by atoms with Crippen LogP contribution < -0.4 is 5.32 Å². The van der Waals surface area contributed by atoms with Gasteiger partial charge >= 0.3 is 0 Å². The van der Waals surface area contributed by atoms with Crippen molar-refractivity contribution in [3.8, 4) is 10.6 Å². The molecule has 3 rings (SSSR count). The zero-order valence-corrected chi connectivity index (χ0v) is 12.2. The molecule has 0 aromatic carbocycles. The van der Waals surface area contributed by atoms with E-state index < -0.39 is 0 Å². The van der Waals surface area contributed by atoms with E-state index in [9.17, 15) is 4.79 Å². The van der Waals surface area contributed by atoms with Gasteiger partial charge in [0.05, 0.1) is 12.8 Å². The number of rotatable bonds is 4. The molecule has 3 aromatic heterocycles. The van der Waals surface area contributed by atoms with Crippen molar-refractivity contribution in [3.63, 3.8) is 0 Å². The van der Waals surface area contributed by atoms with Gasteiger partial charge < -0.3 is 9.73 Å². The van der Waals surface area contributed by atoms with Gasteiger partial charge in [0.2, 0.25) is 0 Å². The molecule has 5 nitrogen and oxygen atoms in total. The Balaban J connectivity index is 1.73. The Hall–Kier alpha value is -2.47. The summed E-state index contributed by atoms with van der Waals surface area (Å²) in [7, 11) is 0. The van der Waals surface area contributed by atoms with Gasteiger partial charge in [0.1, 0.15) is 16.5 Å². The minimum Gasteiger partial charge on any atom is -0.467 e. The van der Waals surface area contributed by atoms with Crippen LogP contribution in [0.25, 0.3) is 10.6 Å². The number of aromatic nitrogens is 2. The summed E-state index contributed by atoms with van der Waals surface area (Å²) < 4.78 is 5.17. The number of aryl methyl sites for hydroxylation is 1. The van der Waals surface area contributed by atoms with E-state index in [2.05, 4.69) is 15.3 Å². The molecule has 0 unspecified atom stereocenters. The first-order chi connectivity index (χ1) is 10.2. The van der Waals surface area contributed by atoms with Crippen LogP contribution >= 0.6 is 11.3 Å². The van der Waals surface area contributed by atoms with Crippen molar-refractivity contribution in [1.82, 2.24) is 15.3 Å². The molecule has 0 aliphatic carbocycles. The van der Waals surface area contributed by atoms with Gasteiger partial charge in [0.15, 0.2) is 0 Å². The fraction of sp³-hybridized carbons (Fsp3) is 0.133. The van der Waals surface area contributed by atoms with Crippen LogP contribution in [0.3, 0.4) is 0 Å². The molecule has 0 aliphatic heterocycles. The van der Waals surface area contributed by atoms with Gasteiger partial charge in [-0.25, -0.2) is 4.98 Å². The number of carbonyl (C=O) groups is 1. The monoisotopic (exact) mass is 299 g/mol. The number of furan rings is 1. The van der Waals surface area contributed by atoms with Crippen molar-refractivity contribution >= 4 is 17.2 Å². The van der Waals surface area contributed by atoms with Gasteiger partial charge in [-0.05, 0) is 30.7 Å². The number of nitrogens with zero attached hydrogens (tertiary/aromatic N) is 2. The second-order valence-corrected chi connectivity index (χ2v) is 5.35. The zero-order chi connectivity index (χ0) is 14.7. The molecule has 0 atom stereocenters. The van der Waals surface area contributed by atoms with E-state index in [0.29, 0.717) is 18.0 Å². The predicted octanol–water partition coefficient (Wildman–Crippen LogP) is 3.04. The number of hydrogen-bond donors (Lipinski definition) is 1. The molecule has 1 amide bonds. The molecule has 21 heavy (non-hydrogen) atoms. The van der Waals surface area contributed by atoms with Crippen molar-refractivity contribution in [2.24, 2.45) is 0 Å². The first kappa shape index (κ1) is 13.5. The maximum atomic E-state index is 12.0. The predicted molar refractivity (Wildman–Crippen MR) is 80.0 cm³/mol. The quantitative estimate of drug-likeness (QED) is 0.804. The first-order valence-corrected chi connectivity index (χ1v) is 7.29. The highest BCUT2D eigenvalue weighted by Crippen LogP contribution is 2.25. The first-order valence-electron chi connectivity index (χ1n) is 6.41. The van der Waals surface area contributed by atoms with Crippen molar-refractivity contribution in [1.29, 1.82) is 0 Å². The number of amides is 1. The van der Waals surface area contributed by atoms with Crippen LogP contribution in [0.15, 0.2) is 46.7 Å². The molecule has 0 saturated carbocycles. The number of nitrogens with one attached hydrogen (secondary N) is 1. The summed E-state index contributed by atoms with van der Waals surface area (Å²) in [6, 6.07) is 5.52. The third kappa shape index (κ3) is 3.00. The Morgan fingerprint density at radius 2 is 2.33 bits per heavy atom. The van der Waals surface area contributed by atoms with Gasteiger partial charge in [-0.2, -0.15) is 0 Å². The highest BCUT2D eigenvalue weighted by Gasteiger charge is 2.13. The Labute approximate surface area is 125 Å². The number of hydrogen-bond acceptors (Lipinski definition) is 5. The molecule has 3 aromatic rings. The minimum absolute atomic E-state index is 0.213. The summed E-state index contributed by atoms with van der Waals surface area (Å²) in [5.41, 5.74) is 2.44. The zero-order valence-electron chi connectivity index (χ0n) is 11.4. The van der Waals surface area contributed by atoms with Crippen LogP contribution in [0.5, 0.6) is 0 Å². The highest BCUT2D eigenvalue weighted by molar-refractivity contribution is 7.13.